The number of hydrogen-bond donors (Lipinski definition) is 2. The van der Waals surface area contributed by atoms with E-state index in [1.165, 1.54) is 25.7 Å². The van der Waals surface area contributed by atoms with E-state index >= 15 is 0 Å². The van der Waals surface area contributed by atoms with Crippen molar-refractivity contribution in [3.63, 3.8) is 0 Å². The van der Waals surface area contributed by atoms with Crippen LogP contribution in [0.3, 0.4) is 0 Å². The van der Waals surface area contributed by atoms with Crippen molar-refractivity contribution in [1.29, 1.82) is 0 Å². The van der Waals surface area contributed by atoms with E-state index in [9.17, 15) is 0 Å². The Bertz CT molecular complexity index is 283. The maximum atomic E-state index is 5.05. The Morgan fingerprint density at radius 1 is 1.33 bits per heavy atom. The van der Waals surface area contributed by atoms with Gasteiger partial charge in [0.15, 0.2) is 5.96 Å². The number of nitrogens with zero attached hydrogens (tertiary/aromatic N) is 1. The molecule has 0 aromatic carbocycles. The summed E-state index contributed by atoms with van der Waals surface area (Å²) in [6.07, 6.45) is 6.68. The van der Waals surface area contributed by atoms with Crippen LogP contribution in [0.25, 0.3) is 0 Å². The van der Waals surface area contributed by atoms with Gasteiger partial charge < -0.3 is 15.4 Å². The second-order valence-electron chi connectivity index (χ2n) is 5.60. The topological polar surface area (TPSA) is 45.7 Å². The molecule has 0 bridgehead atoms. The van der Waals surface area contributed by atoms with Crippen molar-refractivity contribution in [3.8, 4) is 0 Å². The van der Waals surface area contributed by atoms with Crippen LogP contribution in [-0.2, 0) is 4.74 Å². The van der Waals surface area contributed by atoms with Gasteiger partial charge in [0.25, 0.3) is 0 Å². The normalized spacial score (nSPS) is 21.8. The molecule has 0 heterocycles. The van der Waals surface area contributed by atoms with E-state index in [1.54, 1.807) is 7.11 Å². The molecule has 2 N–H and O–H groups in total. The zero-order valence-electron chi connectivity index (χ0n) is 11.8. The Morgan fingerprint density at radius 2 is 2.11 bits per heavy atom. The molecule has 0 aromatic heterocycles. The van der Waals surface area contributed by atoms with Crippen LogP contribution in [0.5, 0.6) is 0 Å². The third-order valence-corrected chi connectivity index (χ3v) is 4.05. The second-order valence-corrected chi connectivity index (χ2v) is 5.60. The van der Waals surface area contributed by atoms with E-state index in [4.69, 9.17) is 9.73 Å². The minimum atomic E-state index is 0.592. The molecule has 0 aliphatic heterocycles. The van der Waals surface area contributed by atoms with Gasteiger partial charge in [0, 0.05) is 33.4 Å². The monoisotopic (exact) mass is 253 g/mol. The summed E-state index contributed by atoms with van der Waals surface area (Å²) in [7, 11) is 1.74. The summed E-state index contributed by atoms with van der Waals surface area (Å²) < 4.78 is 5.05. The number of nitrogens with one attached hydrogen (secondary N) is 2. The summed E-state index contributed by atoms with van der Waals surface area (Å²) >= 11 is 0. The number of methoxy groups -OCH3 is 1. The van der Waals surface area contributed by atoms with Crippen molar-refractivity contribution >= 4 is 5.96 Å². The van der Waals surface area contributed by atoms with Crippen LogP contribution in [-0.4, -0.2) is 39.3 Å². The van der Waals surface area contributed by atoms with Crippen molar-refractivity contribution < 1.29 is 4.74 Å². The zero-order valence-corrected chi connectivity index (χ0v) is 11.8. The minimum absolute atomic E-state index is 0.592. The van der Waals surface area contributed by atoms with Gasteiger partial charge >= 0.3 is 0 Å². The highest BCUT2D eigenvalue weighted by Crippen LogP contribution is 2.61. The quantitative estimate of drug-likeness (QED) is 0.394. The molecule has 0 unspecified atom stereocenters. The first kappa shape index (κ1) is 13.7. The standard InChI is InChI=1S/C14H27N3O/c1-3-15-13(16-9-4-10-18-2)17-11-14(7-8-14)12-5-6-12/h12H,3-11H2,1-2H3,(H2,15,16,17). The summed E-state index contributed by atoms with van der Waals surface area (Å²) in [5.74, 6) is 1.96. The molecule has 2 saturated carbocycles. The van der Waals surface area contributed by atoms with Crippen LogP contribution in [0, 0.1) is 11.3 Å². The van der Waals surface area contributed by atoms with E-state index in [0.29, 0.717) is 5.41 Å². The molecule has 4 heteroatoms. The third kappa shape index (κ3) is 3.87. The van der Waals surface area contributed by atoms with Crippen molar-refractivity contribution in [2.24, 2.45) is 16.3 Å². The number of guanidine groups is 1. The lowest BCUT2D eigenvalue weighted by Gasteiger charge is -2.14. The average Bonchev–Trinajstić information content (AvgIpc) is 3.24. The van der Waals surface area contributed by atoms with Crippen LogP contribution < -0.4 is 10.6 Å². The lowest BCUT2D eigenvalue weighted by Crippen LogP contribution is -2.38. The van der Waals surface area contributed by atoms with Crippen molar-refractivity contribution in [2.75, 3.05) is 33.4 Å². The van der Waals surface area contributed by atoms with E-state index < -0.39 is 0 Å². The Balaban J connectivity index is 1.73. The van der Waals surface area contributed by atoms with Crippen LogP contribution in [0.15, 0.2) is 4.99 Å². The molecule has 18 heavy (non-hydrogen) atoms. The predicted molar refractivity (Wildman–Crippen MR) is 74.9 cm³/mol. The van der Waals surface area contributed by atoms with Crippen LogP contribution >= 0.6 is 0 Å². The SMILES string of the molecule is CCNC(=NCC1(C2CC2)CC1)NCCCOC. The Labute approximate surface area is 111 Å². The third-order valence-electron chi connectivity index (χ3n) is 4.05. The summed E-state index contributed by atoms with van der Waals surface area (Å²) in [6, 6.07) is 0. The minimum Gasteiger partial charge on any atom is -0.385 e. The number of hydrogen-bond acceptors (Lipinski definition) is 2. The zero-order chi connectivity index (χ0) is 12.8. The highest BCUT2D eigenvalue weighted by atomic mass is 16.5. The second kappa shape index (κ2) is 6.41. The average molecular weight is 253 g/mol. The molecule has 2 aliphatic rings. The smallest absolute Gasteiger partial charge is 0.191 e. The molecule has 0 aromatic rings. The fraction of sp³-hybridized carbons (Fsp3) is 0.929. The van der Waals surface area contributed by atoms with Gasteiger partial charge in [0.1, 0.15) is 0 Å². The molecule has 104 valence electrons. The van der Waals surface area contributed by atoms with Crippen LogP contribution in [0.1, 0.15) is 39.0 Å². The summed E-state index contributed by atoms with van der Waals surface area (Å²) in [4.78, 5) is 4.76. The van der Waals surface area contributed by atoms with E-state index in [-0.39, 0.29) is 0 Å². The van der Waals surface area contributed by atoms with Gasteiger partial charge in [-0.25, -0.2) is 0 Å². The first-order chi connectivity index (χ1) is 8.80. The Morgan fingerprint density at radius 3 is 2.67 bits per heavy atom. The maximum Gasteiger partial charge on any atom is 0.191 e. The molecule has 2 fully saturated rings. The number of ether oxygens (including phenoxy) is 1. The summed E-state index contributed by atoms with van der Waals surface area (Å²) in [5, 5.41) is 6.69. The Kier molecular flexibility index (Phi) is 4.87. The molecule has 0 atom stereocenters. The molecular formula is C14H27N3O. The maximum absolute atomic E-state index is 5.05. The van der Waals surface area contributed by atoms with Gasteiger partial charge in [0.05, 0.1) is 0 Å². The van der Waals surface area contributed by atoms with Gasteiger partial charge in [-0.2, -0.15) is 0 Å². The summed E-state index contributed by atoms with van der Waals surface area (Å²) in [5.41, 5.74) is 0.592. The largest absolute Gasteiger partial charge is 0.385 e. The molecule has 0 spiro atoms. The predicted octanol–water partition coefficient (Wildman–Crippen LogP) is 1.77. The highest BCUT2D eigenvalue weighted by molar-refractivity contribution is 5.79. The highest BCUT2D eigenvalue weighted by Gasteiger charge is 2.53. The van der Waals surface area contributed by atoms with Gasteiger partial charge in [-0.3, -0.25) is 4.99 Å². The van der Waals surface area contributed by atoms with Crippen LogP contribution in [0.4, 0.5) is 0 Å². The van der Waals surface area contributed by atoms with Crippen LogP contribution in [0.2, 0.25) is 0 Å². The fourth-order valence-corrected chi connectivity index (χ4v) is 2.55. The molecule has 4 nitrogen and oxygen atoms in total. The molecule has 0 saturated heterocycles. The first-order valence-corrected chi connectivity index (χ1v) is 7.32. The van der Waals surface area contributed by atoms with Crippen molar-refractivity contribution in [3.05, 3.63) is 0 Å². The number of rotatable bonds is 8. The molecule has 2 aliphatic carbocycles. The van der Waals surface area contributed by atoms with Crippen molar-refractivity contribution in [1.82, 2.24) is 10.6 Å². The summed E-state index contributed by atoms with van der Waals surface area (Å²) in [6.45, 7) is 5.78. The van der Waals surface area contributed by atoms with Gasteiger partial charge in [-0.05, 0) is 50.4 Å². The molecule has 2 rings (SSSR count). The lowest BCUT2D eigenvalue weighted by atomic mass is 10.0. The molecule has 0 amide bonds. The van der Waals surface area contributed by atoms with E-state index in [1.807, 2.05) is 0 Å². The van der Waals surface area contributed by atoms with Gasteiger partial charge in [-0.1, -0.05) is 0 Å². The van der Waals surface area contributed by atoms with E-state index in [2.05, 4.69) is 17.6 Å². The van der Waals surface area contributed by atoms with Gasteiger partial charge in [0.2, 0.25) is 0 Å². The van der Waals surface area contributed by atoms with Crippen molar-refractivity contribution in [2.45, 2.75) is 39.0 Å². The Hall–Kier alpha value is -0.770. The fourth-order valence-electron chi connectivity index (χ4n) is 2.55. The van der Waals surface area contributed by atoms with Gasteiger partial charge in [-0.15, -0.1) is 0 Å². The molecular weight excluding hydrogens is 226 g/mol. The lowest BCUT2D eigenvalue weighted by molar-refractivity contribution is 0.195. The van der Waals surface area contributed by atoms with E-state index in [0.717, 1.165) is 44.5 Å². The number of aliphatic imine (C=N–C) groups is 1. The first-order valence-electron chi connectivity index (χ1n) is 7.32. The molecule has 0 radical (unpaired) electrons.